The SMILES string of the molecule is Cc1ccc(C#N)c(NCCc2ccnn2C)c1. The summed E-state index contributed by atoms with van der Waals surface area (Å²) in [5, 5.41) is 16.5. The summed E-state index contributed by atoms with van der Waals surface area (Å²) in [4.78, 5) is 0. The predicted octanol–water partition coefficient (Wildman–Crippen LogP) is 2.25. The number of nitrogens with zero attached hydrogens (tertiary/aromatic N) is 3. The van der Waals surface area contributed by atoms with Crippen LogP contribution in [-0.4, -0.2) is 16.3 Å². The van der Waals surface area contributed by atoms with Crippen molar-refractivity contribution < 1.29 is 0 Å². The second-order valence-electron chi connectivity index (χ2n) is 4.28. The van der Waals surface area contributed by atoms with Crippen molar-refractivity contribution in [2.75, 3.05) is 11.9 Å². The second-order valence-corrected chi connectivity index (χ2v) is 4.28. The fourth-order valence-corrected chi connectivity index (χ4v) is 1.87. The third-order valence-corrected chi connectivity index (χ3v) is 2.91. The molecule has 1 heterocycles. The van der Waals surface area contributed by atoms with Crippen LogP contribution in [0.15, 0.2) is 30.5 Å². The van der Waals surface area contributed by atoms with Crippen LogP contribution in [0.5, 0.6) is 0 Å². The first kappa shape index (κ1) is 12.2. The highest BCUT2D eigenvalue weighted by molar-refractivity contribution is 5.58. The van der Waals surface area contributed by atoms with E-state index in [-0.39, 0.29) is 0 Å². The van der Waals surface area contributed by atoms with Crippen LogP contribution in [0.25, 0.3) is 0 Å². The summed E-state index contributed by atoms with van der Waals surface area (Å²) in [5.41, 5.74) is 3.91. The zero-order valence-electron chi connectivity index (χ0n) is 10.6. The van der Waals surface area contributed by atoms with Crippen molar-refractivity contribution in [3.63, 3.8) is 0 Å². The summed E-state index contributed by atoms with van der Waals surface area (Å²) in [6, 6.07) is 10.0. The van der Waals surface area contributed by atoms with Gasteiger partial charge in [-0.15, -0.1) is 0 Å². The molecule has 0 saturated heterocycles. The Balaban J connectivity index is 2.00. The molecule has 0 unspecified atom stereocenters. The van der Waals surface area contributed by atoms with Gasteiger partial charge >= 0.3 is 0 Å². The third kappa shape index (κ3) is 2.69. The molecule has 0 bridgehead atoms. The van der Waals surface area contributed by atoms with Gasteiger partial charge < -0.3 is 5.32 Å². The van der Waals surface area contributed by atoms with Gasteiger partial charge in [0.2, 0.25) is 0 Å². The summed E-state index contributed by atoms with van der Waals surface area (Å²) in [6.45, 7) is 2.81. The number of hydrogen-bond acceptors (Lipinski definition) is 3. The summed E-state index contributed by atoms with van der Waals surface area (Å²) in [6.07, 6.45) is 2.68. The highest BCUT2D eigenvalue weighted by Crippen LogP contribution is 2.16. The van der Waals surface area contributed by atoms with Gasteiger partial charge in [0.05, 0.1) is 11.3 Å². The van der Waals surface area contributed by atoms with Gasteiger partial charge in [-0.2, -0.15) is 10.4 Å². The van der Waals surface area contributed by atoms with Gasteiger partial charge in [-0.25, -0.2) is 0 Å². The normalized spacial score (nSPS) is 10.1. The number of aromatic nitrogens is 2. The number of anilines is 1. The van der Waals surface area contributed by atoms with Crippen LogP contribution in [0.4, 0.5) is 5.69 Å². The van der Waals surface area contributed by atoms with Gasteiger partial charge in [-0.1, -0.05) is 6.07 Å². The van der Waals surface area contributed by atoms with E-state index >= 15 is 0 Å². The molecule has 1 aromatic carbocycles. The minimum absolute atomic E-state index is 0.686. The maximum Gasteiger partial charge on any atom is 0.101 e. The van der Waals surface area contributed by atoms with Crippen molar-refractivity contribution in [2.24, 2.45) is 7.05 Å². The Morgan fingerprint density at radius 2 is 2.22 bits per heavy atom. The van der Waals surface area contributed by atoms with Gasteiger partial charge in [0.1, 0.15) is 6.07 Å². The summed E-state index contributed by atoms with van der Waals surface area (Å²) in [7, 11) is 1.93. The molecule has 0 aliphatic heterocycles. The highest BCUT2D eigenvalue weighted by atomic mass is 15.3. The summed E-state index contributed by atoms with van der Waals surface area (Å²) >= 11 is 0. The second kappa shape index (κ2) is 5.37. The number of rotatable bonds is 4. The summed E-state index contributed by atoms with van der Waals surface area (Å²) < 4.78 is 1.86. The lowest BCUT2D eigenvalue weighted by Crippen LogP contribution is -2.09. The Labute approximate surface area is 107 Å². The molecule has 1 N–H and O–H groups in total. The molecule has 92 valence electrons. The largest absolute Gasteiger partial charge is 0.384 e. The molecule has 18 heavy (non-hydrogen) atoms. The molecule has 0 amide bonds. The minimum atomic E-state index is 0.686. The van der Waals surface area contributed by atoms with Gasteiger partial charge in [-0.05, 0) is 30.7 Å². The van der Waals surface area contributed by atoms with Crippen molar-refractivity contribution in [3.8, 4) is 6.07 Å². The van der Waals surface area contributed by atoms with Crippen LogP contribution < -0.4 is 5.32 Å². The Hall–Kier alpha value is -2.28. The standard InChI is InChI=1S/C14H16N4/c1-11-3-4-12(10-15)14(9-11)16-7-5-13-6-8-17-18(13)2/h3-4,6,8-9,16H,5,7H2,1-2H3. The van der Waals surface area contributed by atoms with E-state index in [9.17, 15) is 0 Å². The van der Waals surface area contributed by atoms with Gasteiger partial charge in [-0.3, -0.25) is 4.68 Å². The summed E-state index contributed by atoms with van der Waals surface area (Å²) in [5.74, 6) is 0. The topological polar surface area (TPSA) is 53.6 Å². The van der Waals surface area contributed by atoms with Crippen LogP contribution in [0, 0.1) is 18.3 Å². The Morgan fingerprint density at radius 1 is 1.39 bits per heavy atom. The quantitative estimate of drug-likeness (QED) is 0.891. The molecule has 4 nitrogen and oxygen atoms in total. The molecule has 1 aromatic heterocycles. The first-order valence-corrected chi connectivity index (χ1v) is 5.92. The van der Waals surface area contributed by atoms with Crippen LogP contribution in [0.3, 0.4) is 0 Å². The molecule has 0 aliphatic rings. The fraction of sp³-hybridized carbons (Fsp3) is 0.286. The highest BCUT2D eigenvalue weighted by Gasteiger charge is 2.02. The Kier molecular flexibility index (Phi) is 3.63. The van der Waals surface area contributed by atoms with E-state index < -0.39 is 0 Å². The lowest BCUT2D eigenvalue weighted by molar-refractivity contribution is 0.711. The van der Waals surface area contributed by atoms with Crippen molar-refractivity contribution >= 4 is 5.69 Å². The van der Waals surface area contributed by atoms with E-state index in [1.165, 1.54) is 5.69 Å². The van der Waals surface area contributed by atoms with Crippen LogP contribution in [0.1, 0.15) is 16.8 Å². The van der Waals surface area contributed by atoms with Gasteiger partial charge in [0.25, 0.3) is 0 Å². The number of aryl methyl sites for hydroxylation is 2. The molecule has 2 rings (SSSR count). The number of nitrogens with one attached hydrogen (secondary N) is 1. The van der Waals surface area contributed by atoms with E-state index in [0.29, 0.717) is 5.56 Å². The lowest BCUT2D eigenvalue weighted by Gasteiger charge is -2.09. The van der Waals surface area contributed by atoms with E-state index in [0.717, 1.165) is 24.2 Å². The zero-order chi connectivity index (χ0) is 13.0. The van der Waals surface area contributed by atoms with Crippen molar-refractivity contribution in [1.29, 1.82) is 5.26 Å². The maximum absolute atomic E-state index is 9.03. The molecule has 0 fully saturated rings. The van der Waals surface area contributed by atoms with E-state index in [1.807, 2.05) is 42.9 Å². The molecule has 2 aromatic rings. The maximum atomic E-state index is 9.03. The predicted molar refractivity (Wildman–Crippen MR) is 71.3 cm³/mol. The minimum Gasteiger partial charge on any atom is -0.384 e. The first-order valence-electron chi connectivity index (χ1n) is 5.92. The van der Waals surface area contributed by atoms with Crippen molar-refractivity contribution in [3.05, 3.63) is 47.3 Å². The number of hydrogen-bond donors (Lipinski definition) is 1. The van der Waals surface area contributed by atoms with Gasteiger partial charge in [0, 0.05) is 31.9 Å². The smallest absolute Gasteiger partial charge is 0.101 e. The average molecular weight is 240 g/mol. The third-order valence-electron chi connectivity index (χ3n) is 2.91. The van der Waals surface area contributed by atoms with E-state index in [1.54, 1.807) is 6.20 Å². The molecule has 0 aliphatic carbocycles. The molecule has 0 saturated carbocycles. The number of nitriles is 1. The average Bonchev–Trinajstić information content (AvgIpc) is 2.76. The number of benzene rings is 1. The van der Waals surface area contributed by atoms with E-state index in [4.69, 9.17) is 5.26 Å². The fourth-order valence-electron chi connectivity index (χ4n) is 1.87. The monoisotopic (exact) mass is 240 g/mol. The Bertz CT molecular complexity index is 578. The Morgan fingerprint density at radius 3 is 2.89 bits per heavy atom. The first-order chi connectivity index (χ1) is 8.70. The van der Waals surface area contributed by atoms with Crippen LogP contribution >= 0.6 is 0 Å². The van der Waals surface area contributed by atoms with Crippen molar-refractivity contribution in [2.45, 2.75) is 13.3 Å². The molecular weight excluding hydrogens is 224 g/mol. The molecular formula is C14H16N4. The molecule has 0 radical (unpaired) electrons. The van der Waals surface area contributed by atoms with Crippen LogP contribution in [0.2, 0.25) is 0 Å². The molecule has 0 spiro atoms. The van der Waals surface area contributed by atoms with Crippen LogP contribution in [-0.2, 0) is 13.5 Å². The molecule has 0 atom stereocenters. The zero-order valence-corrected chi connectivity index (χ0v) is 10.6. The van der Waals surface area contributed by atoms with Gasteiger partial charge in [0.15, 0.2) is 0 Å². The van der Waals surface area contributed by atoms with Crippen molar-refractivity contribution in [1.82, 2.24) is 9.78 Å². The molecule has 4 heteroatoms. The van der Waals surface area contributed by atoms with E-state index in [2.05, 4.69) is 16.5 Å². The lowest BCUT2D eigenvalue weighted by atomic mass is 10.1.